The fourth-order valence-corrected chi connectivity index (χ4v) is 8.39. The summed E-state index contributed by atoms with van der Waals surface area (Å²) in [6, 6.07) is 0. The number of aliphatic hydroxyl groups excluding tert-OH is 1. The van der Waals surface area contributed by atoms with Crippen LogP contribution in [0.5, 0.6) is 0 Å². The highest BCUT2D eigenvalue weighted by Crippen LogP contribution is 2.71. The van der Waals surface area contributed by atoms with Crippen molar-refractivity contribution in [3.05, 3.63) is 23.8 Å². The van der Waals surface area contributed by atoms with Gasteiger partial charge in [0.25, 0.3) is 0 Å². The highest BCUT2D eigenvalue weighted by Gasteiger charge is 2.78. The number of hydrogen-bond acceptors (Lipinski definition) is 6. The number of esters is 1. The Labute approximate surface area is 199 Å². The van der Waals surface area contributed by atoms with Gasteiger partial charge in [0.15, 0.2) is 18.1 Å². The number of ketones is 2. The molecule has 6 nitrogen and oxygen atoms in total. The Balaban J connectivity index is 1.84. The Kier molecular flexibility index (Phi) is 5.62. The van der Waals surface area contributed by atoms with Crippen molar-refractivity contribution in [3.8, 4) is 0 Å². The summed E-state index contributed by atoms with van der Waals surface area (Å²) in [5.41, 5.74) is -7.22. The SMILES string of the molecule is CC(=O)OCC(=O)[C@@]1(O)[C@H](C)C[C@H]2[C@@H]3[C@H](Br)[C@@H](F)C4=CC(=O)C=C[C@]4(C)[C@@]3(F)[C@@H](O)C[C@@]21C. The Morgan fingerprint density at radius 1 is 1.33 bits per heavy atom. The van der Waals surface area contributed by atoms with Gasteiger partial charge in [-0.3, -0.25) is 14.4 Å². The summed E-state index contributed by atoms with van der Waals surface area (Å²) in [4.78, 5) is 35.2. The Bertz CT molecular complexity index is 982. The maximum atomic E-state index is 17.2. The summed E-state index contributed by atoms with van der Waals surface area (Å²) in [6.07, 6.45) is 0.250. The molecule has 0 unspecified atom stereocenters. The molecule has 2 N–H and O–H groups in total. The number of aliphatic hydroxyl groups is 2. The Morgan fingerprint density at radius 2 is 1.97 bits per heavy atom. The zero-order valence-electron chi connectivity index (χ0n) is 19.0. The van der Waals surface area contributed by atoms with E-state index in [9.17, 15) is 24.6 Å². The molecule has 0 aromatic rings. The van der Waals surface area contributed by atoms with Gasteiger partial charge in [0.2, 0.25) is 5.78 Å². The molecule has 4 rings (SSSR count). The molecule has 33 heavy (non-hydrogen) atoms. The van der Waals surface area contributed by atoms with Crippen molar-refractivity contribution in [2.24, 2.45) is 28.6 Å². The van der Waals surface area contributed by atoms with Gasteiger partial charge in [0.05, 0.1) is 10.9 Å². The van der Waals surface area contributed by atoms with Crippen molar-refractivity contribution in [2.75, 3.05) is 6.61 Å². The fraction of sp³-hybridized carbons (Fsp3) is 0.708. The van der Waals surface area contributed by atoms with Crippen LogP contribution in [0.25, 0.3) is 0 Å². The Morgan fingerprint density at radius 3 is 2.58 bits per heavy atom. The van der Waals surface area contributed by atoms with Gasteiger partial charge in [-0.15, -0.1) is 0 Å². The molecule has 0 saturated heterocycles. The van der Waals surface area contributed by atoms with Crippen molar-refractivity contribution in [1.82, 2.24) is 0 Å². The minimum Gasteiger partial charge on any atom is -0.458 e. The third-order valence-corrected chi connectivity index (χ3v) is 10.1. The third-order valence-electron chi connectivity index (χ3n) is 9.06. The minimum atomic E-state index is -2.35. The third kappa shape index (κ3) is 2.91. The first kappa shape index (κ1) is 24.7. The smallest absolute Gasteiger partial charge is 0.303 e. The van der Waals surface area contributed by atoms with E-state index in [0.717, 1.165) is 13.0 Å². The second kappa shape index (κ2) is 7.52. The van der Waals surface area contributed by atoms with E-state index in [0.29, 0.717) is 0 Å². The molecule has 0 aromatic heterocycles. The van der Waals surface area contributed by atoms with Crippen LogP contribution >= 0.6 is 15.9 Å². The molecule has 3 saturated carbocycles. The number of fused-ring (bicyclic) bond motifs is 5. The first-order chi connectivity index (χ1) is 15.2. The molecule has 0 spiro atoms. The van der Waals surface area contributed by atoms with Crippen molar-refractivity contribution in [1.29, 1.82) is 0 Å². The molecule has 4 aliphatic rings. The number of carbonyl (C=O) groups excluding carboxylic acids is 3. The number of halogens is 3. The van der Waals surface area contributed by atoms with E-state index in [1.807, 2.05) is 0 Å². The van der Waals surface area contributed by atoms with E-state index in [2.05, 4.69) is 15.9 Å². The lowest BCUT2D eigenvalue weighted by Gasteiger charge is -2.64. The molecule has 3 fully saturated rings. The monoisotopic (exact) mass is 530 g/mol. The number of Topliss-reactive ketones (excluding diaryl/α,β-unsaturated/α-hetero) is 1. The van der Waals surface area contributed by atoms with Gasteiger partial charge < -0.3 is 14.9 Å². The van der Waals surface area contributed by atoms with Gasteiger partial charge in [-0.2, -0.15) is 0 Å². The van der Waals surface area contributed by atoms with Crippen molar-refractivity contribution >= 4 is 33.5 Å². The van der Waals surface area contributed by atoms with E-state index in [4.69, 9.17) is 4.74 Å². The van der Waals surface area contributed by atoms with Crippen molar-refractivity contribution in [2.45, 2.75) is 68.9 Å². The molecule has 0 radical (unpaired) electrons. The molecule has 4 aliphatic carbocycles. The van der Waals surface area contributed by atoms with E-state index >= 15 is 8.78 Å². The van der Waals surface area contributed by atoms with E-state index in [1.54, 1.807) is 13.8 Å². The number of alkyl halides is 3. The predicted molar refractivity (Wildman–Crippen MR) is 118 cm³/mol. The Hall–Kier alpha value is -1.45. The molecule has 0 amide bonds. The summed E-state index contributed by atoms with van der Waals surface area (Å²) in [5, 5.41) is 23.0. The quantitative estimate of drug-likeness (QED) is 0.429. The zero-order chi connectivity index (χ0) is 24.7. The number of allylic oxidation sites excluding steroid dienone is 4. The van der Waals surface area contributed by atoms with Crippen LogP contribution in [-0.4, -0.2) is 62.7 Å². The second-order valence-corrected chi connectivity index (χ2v) is 11.6. The summed E-state index contributed by atoms with van der Waals surface area (Å²) < 4.78 is 37.8. The lowest BCUT2D eigenvalue weighted by Crippen LogP contribution is -2.73. The van der Waals surface area contributed by atoms with E-state index in [1.165, 1.54) is 19.1 Å². The number of ether oxygens (including phenoxy) is 1. The van der Waals surface area contributed by atoms with Crippen LogP contribution in [0.1, 0.15) is 40.5 Å². The van der Waals surface area contributed by atoms with Gasteiger partial charge in [-0.05, 0) is 49.3 Å². The number of rotatable bonds is 3. The normalized spacial score (nSPS) is 50.7. The zero-order valence-corrected chi connectivity index (χ0v) is 20.6. The van der Waals surface area contributed by atoms with Crippen LogP contribution in [0.3, 0.4) is 0 Å². The standard InChI is InChI=1S/C24H29BrF2O6/c1-11-7-14-18-19(25)20(26)15-8-13(29)5-6-21(15,3)23(18,27)16(30)9-22(14,4)24(11,32)17(31)10-33-12(2)28/h5-6,8,11,14,16,18-20,30,32H,7,9-10H2,1-4H3/t11-,14+,16+,18-,19+,20+,21+,22+,23-,24+/m1/s1. The fourth-order valence-electron chi connectivity index (χ4n) is 7.35. The second-order valence-electron chi connectivity index (χ2n) is 10.5. The summed E-state index contributed by atoms with van der Waals surface area (Å²) in [6.45, 7) is 5.28. The van der Waals surface area contributed by atoms with Crippen LogP contribution in [0.4, 0.5) is 8.78 Å². The lowest BCUT2D eigenvalue weighted by molar-refractivity contribution is -0.222. The topological polar surface area (TPSA) is 101 Å². The average Bonchev–Trinajstić information content (AvgIpc) is 2.93. The molecule has 0 bridgehead atoms. The maximum absolute atomic E-state index is 17.2. The molecule has 0 aliphatic heterocycles. The van der Waals surface area contributed by atoms with Crippen LogP contribution in [-0.2, 0) is 19.1 Å². The largest absolute Gasteiger partial charge is 0.458 e. The van der Waals surface area contributed by atoms with E-state index in [-0.39, 0.29) is 18.4 Å². The highest BCUT2D eigenvalue weighted by atomic mass is 79.9. The number of hydrogen-bond donors (Lipinski definition) is 2. The van der Waals surface area contributed by atoms with Crippen LogP contribution in [0, 0.1) is 28.6 Å². The predicted octanol–water partition coefficient (Wildman–Crippen LogP) is 2.79. The van der Waals surface area contributed by atoms with E-state index < -0.39 is 81.1 Å². The van der Waals surface area contributed by atoms with Gasteiger partial charge in [-0.25, -0.2) is 8.78 Å². The average molecular weight is 531 g/mol. The van der Waals surface area contributed by atoms with Crippen molar-refractivity contribution < 1.29 is 38.1 Å². The number of carbonyl (C=O) groups is 3. The van der Waals surface area contributed by atoms with Crippen LogP contribution < -0.4 is 0 Å². The summed E-state index contributed by atoms with van der Waals surface area (Å²) in [7, 11) is 0. The summed E-state index contributed by atoms with van der Waals surface area (Å²) in [5.74, 6) is -4.25. The molecule has 182 valence electrons. The molecule has 10 atom stereocenters. The highest BCUT2D eigenvalue weighted by molar-refractivity contribution is 9.09. The van der Waals surface area contributed by atoms with Gasteiger partial charge in [0, 0.05) is 23.7 Å². The molecular formula is C24H29BrF2O6. The minimum absolute atomic E-state index is 0.0227. The lowest BCUT2D eigenvalue weighted by atomic mass is 9.44. The van der Waals surface area contributed by atoms with Gasteiger partial charge >= 0.3 is 5.97 Å². The molecule has 0 heterocycles. The van der Waals surface area contributed by atoms with Gasteiger partial charge in [0.1, 0.15) is 11.8 Å². The summed E-state index contributed by atoms with van der Waals surface area (Å²) >= 11 is 3.33. The maximum Gasteiger partial charge on any atom is 0.303 e. The van der Waals surface area contributed by atoms with Crippen LogP contribution in [0.2, 0.25) is 0 Å². The molecular weight excluding hydrogens is 502 g/mol. The molecule has 0 aromatic carbocycles. The van der Waals surface area contributed by atoms with Crippen LogP contribution in [0.15, 0.2) is 23.8 Å². The first-order valence-corrected chi connectivity index (χ1v) is 12.1. The first-order valence-electron chi connectivity index (χ1n) is 11.2. The molecule has 9 heteroatoms. The van der Waals surface area contributed by atoms with Gasteiger partial charge in [-0.1, -0.05) is 35.9 Å². The van der Waals surface area contributed by atoms with Crippen molar-refractivity contribution in [3.63, 3.8) is 0 Å².